The van der Waals surface area contributed by atoms with Crippen LogP contribution in [0.3, 0.4) is 0 Å². The van der Waals surface area contributed by atoms with Crippen LogP contribution in [0.25, 0.3) is 0 Å². The van der Waals surface area contributed by atoms with Gasteiger partial charge in [0.1, 0.15) is 0 Å². The SMILES string of the molecule is CCNCCCCS(=O)(=O)N1CC(C)CC(C)C1C. The molecule has 1 aliphatic heterocycles. The molecule has 0 amide bonds. The summed E-state index contributed by atoms with van der Waals surface area (Å²) in [7, 11) is -3.08. The molecule has 0 aromatic rings. The van der Waals surface area contributed by atoms with Crippen molar-refractivity contribution < 1.29 is 8.42 Å². The standard InChI is InChI=1S/C14H30N2O2S/c1-5-15-8-6-7-9-19(17,18)16-11-12(2)10-13(3)14(16)4/h12-15H,5-11H2,1-4H3. The zero-order valence-corrected chi connectivity index (χ0v) is 13.7. The lowest BCUT2D eigenvalue weighted by Gasteiger charge is -2.40. The minimum Gasteiger partial charge on any atom is -0.317 e. The molecule has 0 bridgehead atoms. The van der Waals surface area contributed by atoms with E-state index in [4.69, 9.17) is 0 Å². The lowest BCUT2D eigenvalue weighted by Crippen LogP contribution is -2.49. The van der Waals surface area contributed by atoms with Gasteiger partial charge in [0, 0.05) is 12.6 Å². The second-order valence-corrected chi connectivity index (χ2v) is 8.05. The Labute approximate surface area is 119 Å². The maximum absolute atomic E-state index is 12.4. The topological polar surface area (TPSA) is 49.4 Å². The third kappa shape index (κ3) is 5.04. The van der Waals surface area contributed by atoms with E-state index < -0.39 is 10.0 Å². The fourth-order valence-electron chi connectivity index (χ4n) is 2.86. The molecule has 3 unspecified atom stereocenters. The van der Waals surface area contributed by atoms with E-state index in [9.17, 15) is 8.42 Å². The molecule has 4 nitrogen and oxygen atoms in total. The average Bonchev–Trinajstić information content (AvgIpc) is 2.33. The van der Waals surface area contributed by atoms with Crippen LogP contribution in [0.1, 0.15) is 47.0 Å². The molecule has 1 rings (SSSR count). The predicted octanol–water partition coefficient (Wildman–Crippen LogP) is 2.07. The smallest absolute Gasteiger partial charge is 0.214 e. The van der Waals surface area contributed by atoms with Crippen LogP contribution in [0.2, 0.25) is 0 Å². The van der Waals surface area contributed by atoms with E-state index >= 15 is 0 Å². The molecule has 0 spiro atoms. The molecule has 1 saturated heterocycles. The number of nitrogens with zero attached hydrogens (tertiary/aromatic N) is 1. The Bertz CT molecular complexity index is 356. The van der Waals surface area contributed by atoms with Gasteiger partial charge in [-0.15, -0.1) is 0 Å². The highest BCUT2D eigenvalue weighted by atomic mass is 32.2. The van der Waals surface area contributed by atoms with Crippen LogP contribution in [0.15, 0.2) is 0 Å². The number of unbranched alkanes of at least 4 members (excludes halogenated alkanes) is 1. The van der Waals surface area contributed by atoms with Crippen LogP contribution in [0.4, 0.5) is 0 Å². The number of piperidine rings is 1. The Balaban J connectivity index is 2.50. The summed E-state index contributed by atoms with van der Waals surface area (Å²) in [5.41, 5.74) is 0. The fraction of sp³-hybridized carbons (Fsp3) is 1.00. The first kappa shape index (κ1) is 16.9. The molecule has 1 N–H and O–H groups in total. The average molecular weight is 290 g/mol. The molecular weight excluding hydrogens is 260 g/mol. The van der Waals surface area contributed by atoms with Gasteiger partial charge in [-0.3, -0.25) is 0 Å². The zero-order chi connectivity index (χ0) is 14.5. The molecule has 0 aromatic carbocycles. The summed E-state index contributed by atoms with van der Waals surface area (Å²) in [6, 6.07) is 0.148. The third-order valence-corrected chi connectivity index (χ3v) is 6.16. The Hall–Kier alpha value is -0.130. The number of nitrogens with one attached hydrogen (secondary N) is 1. The van der Waals surface area contributed by atoms with E-state index in [1.54, 1.807) is 4.31 Å². The Morgan fingerprint density at radius 2 is 1.89 bits per heavy atom. The predicted molar refractivity (Wildman–Crippen MR) is 80.7 cm³/mol. The van der Waals surface area contributed by atoms with Crippen LogP contribution in [0, 0.1) is 11.8 Å². The number of rotatable bonds is 7. The fourth-order valence-corrected chi connectivity index (χ4v) is 4.86. The summed E-state index contributed by atoms with van der Waals surface area (Å²) in [6.07, 6.45) is 2.81. The molecular formula is C14H30N2O2S. The van der Waals surface area contributed by atoms with Crippen molar-refractivity contribution in [1.29, 1.82) is 0 Å². The molecule has 0 saturated carbocycles. The third-order valence-electron chi connectivity index (χ3n) is 4.16. The molecule has 1 fully saturated rings. The van der Waals surface area contributed by atoms with Crippen LogP contribution in [-0.4, -0.2) is 44.2 Å². The van der Waals surface area contributed by atoms with Gasteiger partial charge in [-0.05, 0) is 51.1 Å². The van der Waals surface area contributed by atoms with Gasteiger partial charge < -0.3 is 5.32 Å². The maximum Gasteiger partial charge on any atom is 0.214 e. The number of hydrogen-bond donors (Lipinski definition) is 1. The van der Waals surface area contributed by atoms with Crippen molar-refractivity contribution in [3.63, 3.8) is 0 Å². The molecule has 0 aromatic heterocycles. The zero-order valence-electron chi connectivity index (χ0n) is 12.9. The van der Waals surface area contributed by atoms with Crippen LogP contribution < -0.4 is 5.32 Å². The second kappa shape index (κ2) is 7.60. The van der Waals surface area contributed by atoms with Crippen molar-refractivity contribution >= 4 is 10.0 Å². The second-order valence-electron chi connectivity index (χ2n) is 6.01. The van der Waals surface area contributed by atoms with Gasteiger partial charge in [0.2, 0.25) is 10.0 Å². The number of sulfonamides is 1. The highest BCUT2D eigenvalue weighted by molar-refractivity contribution is 7.89. The van der Waals surface area contributed by atoms with Gasteiger partial charge in [-0.1, -0.05) is 20.8 Å². The van der Waals surface area contributed by atoms with Gasteiger partial charge in [-0.2, -0.15) is 4.31 Å². The maximum atomic E-state index is 12.4. The molecule has 5 heteroatoms. The molecule has 19 heavy (non-hydrogen) atoms. The van der Waals surface area contributed by atoms with Gasteiger partial charge in [0.05, 0.1) is 5.75 Å². The van der Waals surface area contributed by atoms with Crippen LogP contribution in [0.5, 0.6) is 0 Å². The molecule has 114 valence electrons. The highest BCUT2D eigenvalue weighted by Gasteiger charge is 2.35. The summed E-state index contributed by atoms with van der Waals surface area (Å²) in [4.78, 5) is 0. The first-order chi connectivity index (χ1) is 8.88. The quantitative estimate of drug-likeness (QED) is 0.730. The van der Waals surface area contributed by atoms with E-state index in [1.807, 2.05) is 6.92 Å². The van der Waals surface area contributed by atoms with E-state index in [-0.39, 0.29) is 6.04 Å². The van der Waals surface area contributed by atoms with Crippen LogP contribution >= 0.6 is 0 Å². The first-order valence-electron chi connectivity index (χ1n) is 7.58. The summed E-state index contributed by atoms with van der Waals surface area (Å²) >= 11 is 0. The van der Waals surface area contributed by atoms with Crippen LogP contribution in [-0.2, 0) is 10.0 Å². The van der Waals surface area contributed by atoms with Gasteiger partial charge in [0.25, 0.3) is 0 Å². The molecule has 1 heterocycles. The summed E-state index contributed by atoms with van der Waals surface area (Å²) in [5, 5.41) is 3.23. The summed E-state index contributed by atoms with van der Waals surface area (Å²) in [5.74, 6) is 1.23. The van der Waals surface area contributed by atoms with E-state index in [1.165, 1.54) is 0 Å². The van der Waals surface area contributed by atoms with Gasteiger partial charge >= 0.3 is 0 Å². The van der Waals surface area contributed by atoms with Crippen molar-refractivity contribution in [3.05, 3.63) is 0 Å². The molecule has 1 aliphatic rings. The van der Waals surface area contributed by atoms with Gasteiger partial charge in [0.15, 0.2) is 0 Å². The van der Waals surface area contributed by atoms with Crippen molar-refractivity contribution in [1.82, 2.24) is 9.62 Å². The van der Waals surface area contributed by atoms with Crippen molar-refractivity contribution in [2.75, 3.05) is 25.4 Å². The Kier molecular flexibility index (Phi) is 6.77. The monoisotopic (exact) mass is 290 g/mol. The highest BCUT2D eigenvalue weighted by Crippen LogP contribution is 2.29. The number of hydrogen-bond acceptors (Lipinski definition) is 3. The summed E-state index contributed by atoms with van der Waals surface area (Å²) in [6.45, 7) is 11.0. The first-order valence-corrected chi connectivity index (χ1v) is 9.19. The normalized spacial score (nSPS) is 29.6. The minimum absolute atomic E-state index is 0.148. The van der Waals surface area contributed by atoms with Crippen molar-refractivity contribution in [2.45, 2.75) is 53.0 Å². The summed E-state index contributed by atoms with van der Waals surface area (Å²) < 4.78 is 26.6. The largest absolute Gasteiger partial charge is 0.317 e. The lowest BCUT2D eigenvalue weighted by atomic mass is 9.88. The molecule has 3 atom stereocenters. The van der Waals surface area contributed by atoms with E-state index in [0.717, 1.165) is 32.4 Å². The Morgan fingerprint density at radius 1 is 1.21 bits per heavy atom. The van der Waals surface area contributed by atoms with Crippen molar-refractivity contribution in [2.24, 2.45) is 11.8 Å². The van der Waals surface area contributed by atoms with Crippen molar-refractivity contribution in [3.8, 4) is 0 Å². The Morgan fingerprint density at radius 3 is 2.53 bits per heavy atom. The minimum atomic E-state index is -3.08. The molecule has 0 aliphatic carbocycles. The van der Waals surface area contributed by atoms with E-state index in [0.29, 0.717) is 24.1 Å². The van der Waals surface area contributed by atoms with Gasteiger partial charge in [-0.25, -0.2) is 8.42 Å². The molecule has 0 radical (unpaired) electrons. The lowest BCUT2D eigenvalue weighted by molar-refractivity contribution is 0.157. The van der Waals surface area contributed by atoms with E-state index in [2.05, 4.69) is 26.1 Å².